The van der Waals surface area contributed by atoms with E-state index in [1.54, 1.807) is 11.8 Å². The number of rotatable bonds is 4. The maximum Gasteiger partial charge on any atom is 0.0533 e. The molecular formula is C9H14BrN3S. The molecule has 0 unspecified atom stereocenters. The molecular weight excluding hydrogens is 262 g/mol. The van der Waals surface area contributed by atoms with Crippen molar-refractivity contribution in [3.8, 4) is 0 Å². The van der Waals surface area contributed by atoms with Gasteiger partial charge < -0.3 is 16.8 Å². The van der Waals surface area contributed by atoms with E-state index >= 15 is 0 Å². The molecule has 0 atom stereocenters. The maximum atomic E-state index is 5.85. The number of thioether (sulfide) groups is 1. The van der Waals surface area contributed by atoms with Crippen molar-refractivity contribution < 1.29 is 0 Å². The molecule has 3 nitrogen and oxygen atoms in total. The molecule has 5 heteroatoms. The van der Waals surface area contributed by atoms with Crippen molar-refractivity contribution in [2.24, 2.45) is 0 Å². The summed E-state index contributed by atoms with van der Waals surface area (Å²) in [7, 11) is 1.93. The van der Waals surface area contributed by atoms with Gasteiger partial charge in [-0.05, 0) is 19.2 Å². The van der Waals surface area contributed by atoms with Gasteiger partial charge in [0.15, 0.2) is 0 Å². The molecule has 78 valence electrons. The van der Waals surface area contributed by atoms with E-state index < -0.39 is 0 Å². The van der Waals surface area contributed by atoms with Crippen LogP contribution in [0.2, 0.25) is 0 Å². The van der Waals surface area contributed by atoms with Gasteiger partial charge in [0.1, 0.15) is 0 Å². The van der Waals surface area contributed by atoms with Crippen molar-refractivity contribution in [3.63, 3.8) is 0 Å². The van der Waals surface area contributed by atoms with E-state index in [1.165, 1.54) is 0 Å². The van der Waals surface area contributed by atoms with Gasteiger partial charge >= 0.3 is 0 Å². The first-order valence-corrected chi connectivity index (χ1v) is 6.05. The summed E-state index contributed by atoms with van der Waals surface area (Å²) >= 11 is 5.02. The van der Waals surface area contributed by atoms with E-state index in [0.29, 0.717) is 0 Å². The standard InChI is InChI=1S/C9H14BrN3S/c1-13-2-3-14-9-7(11)4-6(10)5-8(9)12/h4-5,13H,2-3,11-12H2,1H3. The summed E-state index contributed by atoms with van der Waals surface area (Å²) in [5, 5.41) is 3.08. The molecule has 1 rings (SSSR count). The Hall–Kier alpha value is -0.390. The van der Waals surface area contributed by atoms with Gasteiger partial charge in [0.25, 0.3) is 0 Å². The summed E-state index contributed by atoms with van der Waals surface area (Å²) in [5.74, 6) is 0.965. The average molecular weight is 276 g/mol. The Balaban J connectivity index is 2.75. The van der Waals surface area contributed by atoms with Crippen molar-refractivity contribution >= 4 is 39.1 Å². The number of hydrogen-bond donors (Lipinski definition) is 3. The lowest BCUT2D eigenvalue weighted by Gasteiger charge is -2.09. The van der Waals surface area contributed by atoms with Crippen LogP contribution in [0.15, 0.2) is 21.5 Å². The molecule has 5 N–H and O–H groups in total. The fraction of sp³-hybridized carbons (Fsp3) is 0.333. The minimum atomic E-state index is 0.734. The summed E-state index contributed by atoms with van der Waals surface area (Å²) < 4.78 is 0.922. The van der Waals surface area contributed by atoms with E-state index in [-0.39, 0.29) is 0 Å². The Morgan fingerprint density at radius 3 is 2.43 bits per heavy atom. The lowest BCUT2D eigenvalue weighted by Crippen LogP contribution is -2.10. The molecule has 14 heavy (non-hydrogen) atoms. The van der Waals surface area contributed by atoms with Crippen molar-refractivity contribution in [1.29, 1.82) is 0 Å². The van der Waals surface area contributed by atoms with Gasteiger partial charge in [-0.25, -0.2) is 0 Å². The molecule has 0 saturated heterocycles. The van der Waals surface area contributed by atoms with E-state index in [4.69, 9.17) is 11.5 Å². The predicted octanol–water partition coefficient (Wildman–Crippen LogP) is 1.93. The fourth-order valence-corrected chi connectivity index (χ4v) is 2.51. The fourth-order valence-electron chi connectivity index (χ4n) is 1.06. The van der Waals surface area contributed by atoms with Crippen LogP contribution < -0.4 is 16.8 Å². The molecule has 0 aliphatic rings. The lowest BCUT2D eigenvalue weighted by molar-refractivity contribution is 0.872. The van der Waals surface area contributed by atoms with Crippen LogP contribution in [0.4, 0.5) is 11.4 Å². The minimum absolute atomic E-state index is 0.734. The minimum Gasteiger partial charge on any atom is -0.398 e. The van der Waals surface area contributed by atoms with Crippen molar-refractivity contribution in [3.05, 3.63) is 16.6 Å². The van der Waals surface area contributed by atoms with Crippen LogP contribution >= 0.6 is 27.7 Å². The Morgan fingerprint density at radius 2 is 1.93 bits per heavy atom. The first-order chi connectivity index (χ1) is 6.65. The summed E-state index contributed by atoms with van der Waals surface area (Å²) in [4.78, 5) is 0.975. The zero-order chi connectivity index (χ0) is 10.6. The van der Waals surface area contributed by atoms with Crippen LogP contribution in [0.25, 0.3) is 0 Å². The molecule has 0 bridgehead atoms. The molecule has 0 aromatic heterocycles. The Kier molecular flexibility index (Phi) is 4.57. The smallest absolute Gasteiger partial charge is 0.0533 e. The molecule has 0 fully saturated rings. The topological polar surface area (TPSA) is 64.1 Å². The summed E-state index contributed by atoms with van der Waals surface area (Å²) in [6.45, 7) is 0.944. The number of anilines is 2. The van der Waals surface area contributed by atoms with E-state index in [9.17, 15) is 0 Å². The maximum absolute atomic E-state index is 5.85. The summed E-state index contributed by atoms with van der Waals surface area (Å²) in [6, 6.07) is 3.75. The first kappa shape index (κ1) is 11.7. The van der Waals surface area contributed by atoms with Gasteiger partial charge in [-0.2, -0.15) is 0 Å². The van der Waals surface area contributed by atoms with Crippen LogP contribution in [-0.4, -0.2) is 19.3 Å². The van der Waals surface area contributed by atoms with Crippen LogP contribution in [0, 0.1) is 0 Å². The Labute approximate surface area is 96.7 Å². The molecule has 0 spiro atoms. The summed E-state index contributed by atoms with van der Waals surface area (Å²) in [6.07, 6.45) is 0. The second kappa shape index (κ2) is 5.48. The molecule has 0 aliphatic carbocycles. The molecule has 0 heterocycles. The molecule has 0 amide bonds. The SMILES string of the molecule is CNCCSc1c(N)cc(Br)cc1N. The van der Waals surface area contributed by atoms with Crippen LogP contribution in [-0.2, 0) is 0 Å². The Bertz CT molecular complexity index is 294. The second-order valence-corrected chi connectivity index (χ2v) is 4.89. The number of benzene rings is 1. The van der Waals surface area contributed by atoms with Gasteiger partial charge in [0.05, 0.1) is 4.90 Å². The molecule has 1 aromatic rings. The van der Waals surface area contributed by atoms with Crippen LogP contribution in [0.1, 0.15) is 0 Å². The predicted molar refractivity (Wildman–Crippen MR) is 67.6 cm³/mol. The number of nitrogen functional groups attached to an aromatic ring is 2. The normalized spacial score (nSPS) is 10.4. The quantitative estimate of drug-likeness (QED) is 0.446. The zero-order valence-corrected chi connectivity index (χ0v) is 10.4. The highest BCUT2D eigenvalue weighted by Gasteiger charge is 2.05. The lowest BCUT2D eigenvalue weighted by atomic mass is 10.3. The number of nitrogens with two attached hydrogens (primary N) is 2. The third-order valence-corrected chi connectivity index (χ3v) is 3.34. The highest BCUT2D eigenvalue weighted by molar-refractivity contribution is 9.10. The third kappa shape index (κ3) is 3.08. The Morgan fingerprint density at radius 1 is 1.36 bits per heavy atom. The molecule has 0 radical (unpaired) electrons. The van der Waals surface area contributed by atoms with Gasteiger partial charge in [-0.3, -0.25) is 0 Å². The molecule has 1 aromatic carbocycles. The molecule has 0 saturated carbocycles. The van der Waals surface area contributed by atoms with E-state index in [2.05, 4.69) is 21.2 Å². The van der Waals surface area contributed by atoms with E-state index in [0.717, 1.165) is 33.0 Å². The highest BCUT2D eigenvalue weighted by atomic mass is 79.9. The van der Waals surface area contributed by atoms with Gasteiger partial charge in [-0.15, -0.1) is 11.8 Å². The molecule has 0 aliphatic heterocycles. The summed E-state index contributed by atoms with van der Waals surface area (Å²) in [5.41, 5.74) is 13.2. The van der Waals surface area contributed by atoms with Crippen LogP contribution in [0.5, 0.6) is 0 Å². The third-order valence-electron chi connectivity index (χ3n) is 1.71. The van der Waals surface area contributed by atoms with Crippen molar-refractivity contribution in [2.75, 3.05) is 30.8 Å². The largest absolute Gasteiger partial charge is 0.398 e. The van der Waals surface area contributed by atoms with Crippen molar-refractivity contribution in [2.45, 2.75) is 4.90 Å². The van der Waals surface area contributed by atoms with E-state index in [1.807, 2.05) is 19.2 Å². The zero-order valence-electron chi connectivity index (χ0n) is 8.01. The first-order valence-electron chi connectivity index (χ1n) is 4.27. The van der Waals surface area contributed by atoms with Crippen LogP contribution in [0.3, 0.4) is 0 Å². The van der Waals surface area contributed by atoms with Gasteiger partial charge in [0.2, 0.25) is 0 Å². The number of nitrogens with one attached hydrogen (secondary N) is 1. The monoisotopic (exact) mass is 275 g/mol. The van der Waals surface area contributed by atoms with Crippen molar-refractivity contribution in [1.82, 2.24) is 5.32 Å². The second-order valence-electron chi connectivity index (χ2n) is 2.87. The van der Waals surface area contributed by atoms with Gasteiger partial charge in [0, 0.05) is 28.1 Å². The highest BCUT2D eigenvalue weighted by Crippen LogP contribution is 2.33. The average Bonchev–Trinajstić information content (AvgIpc) is 2.09. The number of hydrogen-bond acceptors (Lipinski definition) is 4. The number of halogens is 1. The van der Waals surface area contributed by atoms with Gasteiger partial charge in [-0.1, -0.05) is 15.9 Å².